The number of nitrogens with one attached hydrogen (secondary N) is 3. The molecule has 2 aliphatic rings. The maximum absolute atomic E-state index is 14.1. The second-order valence-electron chi connectivity index (χ2n) is 7.17. The summed E-state index contributed by atoms with van der Waals surface area (Å²) in [7, 11) is 3.40. The Morgan fingerprint density at radius 1 is 1.33 bits per heavy atom. The Morgan fingerprint density at radius 2 is 2.07 bits per heavy atom. The van der Waals surface area contributed by atoms with E-state index in [2.05, 4.69) is 25.8 Å². The van der Waals surface area contributed by atoms with Gasteiger partial charge in [0.2, 0.25) is 5.91 Å². The molecule has 1 aliphatic heterocycles. The van der Waals surface area contributed by atoms with Crippen LogP contribution < -0.4 is 16.0 Å². The van der Waals surface area contributed by atoms with Crippen molar-refractivity contribution < 1.29 is 9.18 Å². The third-order valence-electron chi connectivity index (χ3n) is 5.28. The lowest BCUT2D eigenvalue weighted by molar-refractivity contribution is -0.122. The number of likely N-dealkylation sites (N-methyl/N-ethyl adjacent to an activating group) is 1. The molecule has 1 saturated carbocycles. The predicted octanol–water partition coefficient (Wildman–Crippen LogP) is 1.71. The van der Waals surface area contributed by atoms with Gasteiger partial charge in [-0.1, -0.05) is 17.7 Å². The zero-order valence-electron chi connectivity index (χ0n) is 15.8. The number of carbonyl (C=O) groups is 1. The normalized spacial score (nSPS) is 23.8. The molecule has 3 rings (SSSR count). The minimum Gasteiger partial charge on any atom is -0.358 e. The Balaban J connectivity index is 1.47. The topological polar surface area (TPSA) is 68.8 Å². The van der Waals surface area contributed by atoms with E-state index in [-0.39, 0.29) is 23.7 Å². The molecular formula is C19H27ClFN5O. The van der Waals surface area contributed by atoms with Crippen LogP contribution in [0.5, 0.6) is 0 Å². The van der Waals surface area contributed by atoms with Crippen molar-refractivity contribution in [2.75, 3.05) is 33.7 Å². The first-order valence-electron chi connectivity index (χ1n) is 9.38. The van der Waals surface area contributed by atoms with Crippen LogP contribution in [0.4, 0.5) is 4.39 Å². The van der Waals surface area contributed by atoms with Crippen LogP contribution in [0.1, 0.15) is 30.7 Å². The molecule has 8 heteroatoms. The lowest BCUT2D eigenvalue weighted by Gasteiger charge is -2.32. The molecule has 0 bridgehead atoms. The maximum atomic E-state index is 14.1. The summed E-state index contributed by atoms with van der Waals surface area (Å²) in [6.45, 7) is 2.20. The quantitative estimate of drug-likeness (QED) is 0.524. The van der Waals surface area contributed by atoms with Crippen LogP contribution in [0.3, 0.4) is 0 Å². The highest BCUT2D eigenvalue weighted by molar-refractivity contribution is 6.31. The van der Waals surface area contributed by atoms with Crippen molar-refractivity contribution in [1.82, 2.24) is 20.9 Å². The number of carbonyl (C=O) groups excluding carboxylic acids is 1. The first-order valence-corrected chi connectivity index (χ1v) is 9.76. The molecule has 1 aromatic carbocycles. The van der Waals surface area contributed by atoms with Gasteiger partial charge in [-0.25, -0.2) is 4.39 Å². The molecule has 1 aromatic rings. The molecule has 0 spiro atoms. The fourth-order valence-electron chi connectivity index (χ4n) is 3.60. The third-order valence-corrected chi connectivity index (χ3v) is 5.61. The number of hydrogen-bond donors (Lipinski definition) is 3. The fourth-order valence-corrected chi connectivity index (χ4v) is 3.90. The summed E-state index contributed by atoms with van der Waals surface area (Å²) < 4.78 is 14.1. The summed E-state index contributed by atoms with van der Waals surface area (Å²) in [5.74, 6) is 0.611. The Labute approximate surface area is 164 Å². The largest absolute Gasteiger partial charge is 0.358 e. The zero-order chi connectivity index (χ0) is 19.4. The number of aliphatic imine (C=N–C) groups is 1. The molecule has 148 valence electrons. The molecular weight excluding hydrogens is 369 g/mol. The van der Waals surface area contributed by atoms with Gasteiger partial charge in [0.25, 0.3) is 0 Å². The number of piperidine rings is 1. The fraction of sp³-hybridized carbons (Fsp3) is 0.579. The van der Waals surface area contributed by atoms with E-state index in [1.165, 1.54) is 6.07 Å². The number of nitrogens with zero attached hydrogens (tertiary/aromatic N) is 2. The van der Waals surface area contributed by atoms with Crippen LogP contribution in [0.2, 0.25) is 5.02 Å². The highest BCUT2D eigenvalue weighted by Gasteiger charge is 2.42. The molecule has 3 N–H and O–H groups in total. The summed E-state index contributed by atoms with van der Waals surface area (Å²) in [6, 6.07) is 5.26. The summed E-state index contributed by atoms with van der Waals surface area (Å²) in [6.07, 6.45) is 2.74. The molecule has 6 nitrogen and oxygen atoms in total. The number of hydrogen-bond acceptors (Lipinski definition) is 3. The van der Waals surface area contributed by atoms with Gasteiger partial charge in [0.1, 0.15) is 5.82 Å². The smallest absolute Gasteiger partial charge is 0.233 e. The van der Waals surface area contributed by atoms with E-state index in [4.69, 9.17) is 11.6 Å². The summed E-state index contributed by atoms with van der Waals surface area (Å²) in [5, 5.41) is 9.97. The van der Waals surface area contributed by atoms with Crippen LogP contribution in [0.25, 0.3) is 0 Å². The van der Waals surface area contributed by atoms with Crippen LogP contribution in [0.15, 0.2) is 23.2 Å². The van der Waals surface area contributed by atoms with E-state index in [0.29, 0.717) is 23.2 Å². The molecule has 0 radical (unpaired) electrons. The zero-order valence-corrected chi connectivity index (χ0v) is 16.5. The molecule has 2 atom stereocenters. The van der Waals surface area contributed by atoms with Crippen molar-refractivity contribution in [2.45, 2.75) is 37.3 Å². The van der Waals surface area contributed by atoms with Gasteiger partial charge in [-0.2, -0.15) is 0 Å². The van der Waals surface area contributed by atoms with Crippen molar-refractivity contribution in [3.05, 3.63) is 34.6 Å². The Morgan fingerprint density at radius 3 is 2.70 bits per heavy atom. The van der Waals surface area contributed by atoms with E-state index >= 15 is 0 Å². The minimum atomic E-state index is -0.247. The molecule has 1 aliphatic carbocycles. The van der Waals surface area contributed by atoms with E-state index in [0.717, 1.165) is 38.3 Å². The predicted molar refractivity (Wildman–Crippen MR) is 106 cm³/mol. The molecule has 27 heavy (non-hydrogen) atoms. The van der Waals surface area contributed by atoms with Gasteiger partial charge in [0, 0.05) is 55.8 Å². The van der Waals surface area contributed by atoms with E-state index < -0.39 is 0 Å². The van der Waals surface area contributed by atoms with Crippen LogP contribution in [-0.2, 0) is 4.79 Å². The molecule has 1 heterocycles. The number of halogens is 2. The second-order valence-corrected chi connectivity index (χ2v) is 7.58. The SMILES string of the molecule is CN=C(NC1CCN(CC(=O)NC)CC1)NC1CC1c1c(F)cccc1Cl. The monoisotopic (exact) mass is 395 g/mol. The average molecular weight is 396 g/mol. The van der Waals surface area contributed by atoms with Gasteiger partial charge in [-0.15, -0.1) is 0 Å². The van der Waals surface area contributed by atoms with Crippen molar-refractivity contribution in [1.29, 1.82) is 0 Å². The third kappa shape index (κ3) is 5.11. The Kier molecular flexibility index (Phi) is 6.55. The van der Waals surface area contributed by atoms with Crippen molar-refractivity contribution in [3.63, 3.8) is 0 Å². The van der Waals surface area contributed by atoms with Crippen molar-refractivity contribution in [2.24, 2.45) is 4.99 Å². The summed E-state index contributed by atoms with van der Waals surface area (Å²) in [5.41, 5.74) is 0.592. The Bertz CT molecular complexity index is 685. The van der Waals surface area contributed by atoms with Crippen LogP contribution in [-0.4, -0.2) is 62.6 Å². The highest BCUT2D eigenvalue weighted by atomic mass is 35.5. The van der Waals surface area contributed by atoms with Gasteiger partial charge in [0.05, 0.1) is 6.54 Å². The second kappa shape index (κ2) is 8.89. The Hall–Kier alpha value is -1.86. The molecule has 1 amide bonds. The van der Waals surface area contributed by atoms with Gasteiger partial charge in [0.15, 0.2) is 5.96 Å². The van der Waals surface area contributed by atoms with Crippen LogP contribution >= 0.6 is 11.6 Å². The van der Waals surface area contributed by atoms with E-state index in [9.17, 15) is 9.18 Å². The van der Waals surface area contributed by atoms with Crippen molar-refractivity contribution in [3.8, 4) is 0 Å². The highest BCUT2D eigenvalue weighted by Crippen LogP contribution is 2.44. The van der Waals surface area contributed by atoms with E-state index in [1.54, 1.807) is 26.2 Å². The number of guanidine groups is 1. The maximum Gasteiger partial charge on any atom is 0.233 e. The van der Waals surface area contributed by atoms with Gasteiger partial charge < -0.3 is 16.0 Å². The lowest BCUT2D eigenvalue weighted by atomic mass is 10.1. The van der Waals surface area contributed by atoms with Gasteiger partial charge >= 0.3 is 0 Å². The van der Waals surface area contributed by atoms with Crippen molar-refractivity contribution >= 4 is 23.5 Å². The molecule has 2 unspecified atom stereocenters. The molecule has 1 saturated heterocycles. The molecule has 0 aromatic heterocycles. The number of amides is 1. The summed E-state index contributed by atoms with van der Waals surface area (Å²) >= 11 is 6.17. The molecule has 2 fully saturated rings. The minimum absolute atomic E-state index is 0.0467. The summed E-state index contributed by atoms with van der Waals surface area (Å²) in [4.78, 5) is 17.9. The first kappa shape index (κ1) is 19.9. The number of likely N-dealkylation sites (tertiary alicyclic amines) is 1. The number of benzene rings is 1. The van der Waals surface area contributed by atoms with E-state index in [1.807, 2.05) is 0 Å². The van der Waals surface area contributed by atoms with Crippen LogP contribution in [0, 0.1) is 5.82 Å². The number of rotatable bonds is 5. The first-order chi connectivity index (χ1) is 13.0. The van der Waals surface area contributed by atoms with Gasteiger partial charge in [-0.3, -0.25) is 14.7 Å². The standard InChI is InChI=1S/C19H27ClFN5O/c1-22-17(27)11-26-8-6-12(7-9-26)24-19(23-2)25-16-10-13(16)18-14(20)4-3-5-15(18)21/h3-5,12-13,16H,6-11H2,1-2H3,(H,22,27)(H2,23,24,25). The average Bonchev–Trinajstić information content (AvgIpc) is 3.41. The lowest BCUT2D eigenvalue weighted by Crippen LogP contribution is -2.50. The van der Waals surface area contributed by atoms with Gasteiger partial charge in [-0.05, 0) is 31.4 Å².